The van der Waals surface area contributed by atoms with Crippen LogP contribution in [0.25, 0.3) is 0 Å². The number of aliphatic hydroxyl groups excluding tert-OH is 1. The van der Waals surface area contributed by atoms with Gasteiger partial charge in [0.05, 0.1) is 26.4 Å². The van der Waals surface area contributed by atoms with Crippen LogP contribution in [0.1, 0.15) is 363 Å². The maximum atomic E-state index is 13.0. The van der Waals surface area contributed by atoms with Gasteiger partial charge in [0, 0.05) is 25.7 Å². The predicted octanol–water partition coefficient (Wildman–Crippen LogP) is 20.4. The molecule has 19 heteroatoms. The highest BCUT2D eigenvalue weighted by atomic mass is 31.2. The van der Waals surface area contributed by atoms with Gasteiger partial charge in [-0.05, 0) is 37.5 Å². The zero-order valence-corrected chi connectivity index (χ0v) is 60.2. The maximum absolute atomic E-state index is 13.0. The monoisotopic (exact) mass is 1320 g/mol. The molecule has 0 spiro atoms. The molecule has 0 aliphatic rings. The molecule has 3 N–H and O–H groups in total. The van der Waals surface area contributed by atoms with Gasteiger partial charge in [-0.3, -0.25) is 37.3 Å². The number of ether oxygens (including phenoxy) is 4. The van der Waals surface area contributed by atoms with Gasteiger partial charge in [-0.2, -0.15) is 0 Å². The molecule has 0 bridgehead atoms. The van der Waals surface area contributed by atoms with Crippen molar-refractivity contribution in [1.29, 1.82) is 0 Å². The zero-order valence-electron chi connectivity index (χ0n) is 58.4. The second-order valence-corrected chi connectivity index (χ2v) is 29.3. The maximum Gasteiger partial charge on any atom is 0.472 e. The lowest BCUT2D eigenvalue weighted by atomic mass is 9.99. The summed E-state index contributed by atoms with van der Waals surface area (Å²) in [5.74, 6) is -0.569. The Kier molecular flexibility index (Phi) is 61.8. The van der Waals surface area contributed by atoms with E-state index in [4.69, 9.17) is 37.0 Å². The summed E-state index contributed by atoms with van der Waals surface area (Å²) in [6, 6.07) is 0. The van der Waals surface area contributed by atoms with E-state index in [1.165, 1.54) is 173 Å². The first-order valence-electron chi connectivity index (χ1n) is 37.0. The van der Waals surface area contributed by atoms with Crippen molar-refractivity contribution in [2.45, 2.75) is 381 Å². The standard InChI is InChI=1S/C71H138O17P2/c1-7-10-12-14-16-18-19-20-23-26-29-36-42-48-54-69(74)82-60-67(87-70(75)55-49-43-37-30-27-24-21-22-25-28-33-39-45-51-63(4)5)62-86-90(79,80)84-58-65(72)57-83-89(77,78)85-61-66(59-81-68(73)53-47-41-35-17-15-13-11-8-2)88-71(76)56-50-44-38-32-31-34-40-46-52-64(6)9-3/h63-67,72H,7-62H2,1-6H3,(H,77,78)(H,79,80)/t64?,65-,66+,67+/m0/s1. The first-order chi connectivity index (χ1) is 43.4. The summed E-state index contributed by atoms with van der Waals surface area (Å²) in [6.45, 7) is 9.55. The number of aliphatic hydroxyl groups is 1. The first-order valence-corrected chi connectivity index (χ1v) is 40.0. The molecule has 90 heavy (non-hydrogen) atoms. The minimum Gasteiger partial charge on any atom is -0.462 e. The number of unbranched alkanes of at least 4 members (excludes halogenated alkanes) is 39. The SMILES string of the molecule is CCCCCCCCCCCCCCCCC(=O)OC[C@H](COP(=O)(O)OC[C@@H](O)COP(=O)(O)OC[C@@H](COC(=O)CCCCCCCCCC)OC(=O)CCCCCCCCCCC(C)CC)OC(=O)CCCCCCCCCCCCCCCC(C)C. The van der Waals surface area contributed by atoms with E-state index >= 15 is 0 Å². The van der Waals surface area contributed by atoms with Crippen molar-refractivity contribution in [3.63, 3.8) is 0 Å². The minimum absolute atomic E-state index is 0.105. The summed E-state index contributed by atoms with van der Waals surface area (Å²) in [6.07, 6.45) is 48.5. The third-order valence-electron chi connectivity index (χ3n) is 16.8. The van der Waals surface area contributed by atoms with Gasteiger partial charge in [-0.25, -0.2) is 9.13 Å². The molecule has 0 radical (unpaired) electrons. The Hall–Kier alpha value is -1.94. The summed E-state index contributed by atoms with van der Waals surface area (Å²) >= 11 is 0. The average molecular weight is 1330 g/mol. The molecule has 0 aromatic rings. The van der Waals surface area contributed by atoms with Gasteiger partial charge in [0.1, 0.15) is 19.3 Å². The van der Waals surface area contributed by atoms with Crippen molar-refractivity contribution in [1.82, 2.24) is 0 Å². The van der Waals surface area contributed by atoms with E-state index in [2.05, 4.69) is 41.5 Å². The molecule has 0 rings (SSSR count). The molecule has 0 fully saturated rings. The molecular weight excluding hydrogens is 1190 g/mol. The molecule has 0 aromatic heterocycles. The highest BCUT2D eigenvalue weighted by molar-refractivity contribution is 7.47. The van der Waals surface area contributed by atoms with Gasteiger partial charge in [0.15, 0.2) is 12.2 Å². The number of phosphoric ester groups is 2. The van der Waals surface area contributed by atoms with Crippen LogP contribution in [0, 0.1) is 11.8 Å². The summed E-state index contributed by atoms with van der Waals surface area (Å²) in [5.41, 5.74) is 0. The van der Waals surface area contributed by atoms with Crippen LogP contribution >= 0.6 is 15.6 Å². The molecule has 0 aliphatic heterocycles. The molecule has 3 unspecified atom stereocenters. The van der Waals surface area contributed by atoms with Crippen molar-refractivity contribution in [2.24, 2.45) is 11.8 Å². The Bertz CT molecular complexity index is 1750. The fourth-order valence-electron chi connectivity index (χ4n) is 10.7. The fourth-order valence-corrected chi connectivity index (χ4v) is 12.3. The van der Waals surface area contributed by atoms with E-state index in [0.717, 1.165) is 108 Å². The smallest absolute Gasteiger partial charge is 0.462 e. The van der Waals surface area contributed by atoms with E-state index < -0.39 is 97.5 Å². The van der Waals surface area contributed by atoms with Gasteiger partial charge in [-0.15, -0.1) is 0 Å². The molecule has 0 aromatic carbocycles. The van der Waals surface area contributed by atoms with Crippen LogP contribution in [-0.2, 0) is 65.4 Å². The van der Waals surface area contributed by atoms with Crippen LogP contribution in [0.15, 0.2) is 0 Å². The predicted molar refractivity (Wildman–Crippen MR) is 363 cm³/mol. The van der Waals surface area contributed by atoms with Crippen molar-refractivity contribution >= 4 is 39.5 Å². The van der Waals surface area contributed by atoms with Gasteiger partial charge in [0.25, 0.3) is 0 Å². The molecule has 0 saturated heterocycles. The van der Waals surface area contributed by atoms with Crippen molar-refractivity contribution in [3.05, 3.63) is 0 Å². The Balaban J connectivity index is 5.23. The second-order valence-electron chi connectivity index (χ2n) is 26.3. The number of hydrogen-bond donors (Lipinski definition) is 3. The van der Waals surface area contributed by atoms with Gasteiger partial charge in [-0.1, -0.05) is 311 Å². The number of esters is 4. The lowest BCUT2D eigenvalue weighted by Gasteiger charge is -2.21. The molecule has 6 atom stereocenters. The number of phosphoric acid groups is 2. The van der Waals surface area contributed by atoms with Crippen molar-refractivity contribution < 1.29 is 80.2 Å². The Morgan fingerprint density at radius 2 is 0.567 bits per heavy atom. The Morgan fingerprint density at radius 3 is 0.844 bits per heavy atom. The minimum atomic E-state index is -4.95. The van der Waals surface area contributed by atoms with E-state index in [1.807, 2.05) is 0 Å². The largest absolute Gasteiger partial charge is 0.472 e. The summed E-state index contributed by atoms with van der Waals surface area (Å²) in [7, 11) is -9.90. The Morgan fingerprint density at radius 1 is 0.322 bits per heavy atom. The Labute approximate surface area is 549 Å². The lowest BCUT2D eigenvalue weighted by molar-refractivity contribution is -0.161. The number of carbonyl (C=O) groups excluding carboxylic acids is 4. The summed E-state index contributed by atoms with van der Waals surface area (Å²) in [5, 5.41) is 10.6. The van der Waals surface area contributed by atoms with E-state index in [-0.39, 0.29) is 25.7 Å². The molecular formula is C71H138O17P2. The molecule has 0 aliphatic carbocycles. The van der Waals surface area contributed by atoms with E-state index in [1.54, 1.807) is 0 Å². The molecule has 17 nitrogen and oxygen atoms in total. The zero-order chi connectivity index (χ0) is 66.5. The van der Waals surface area contributed by atoms with Crippen molar-refractivity contribution in [2.75, 3.05) is 39.6 Å². The van der Waals surface area contributed by atoms with Crippen LogP contribution in [-0.4, -0.2) is 96.7 Å². The molecule has 534 valence electrons. The molecule has 0 amide bonds. The normalized spacial score (nSPS) is 14.4. The fraction of sp³-hybridized carbons (Fsp3) is 0.944. The summed E-state index contributed by atoms with van der Waals surface area (Å²) in [4.78, 5) is 72.5. The van der Waals surface area contributed by atoms with Crippen LogP contribution in [0.3, 0.4) is 0 Å². The first kappa shape index (κ1) is 88.1. The van der Waals surface area contributed by atoms with E-state index in [0.29, 0.717) is 25.7 Å². The number of carbonyl (C=O) groups is 4. The lowest BCUT2D eigenvalue weighted by Crippen LogP contribution is -2.30. The average Bonchev–Trinajstić information content (AvgIpc) is 3.68. The van der Waals surface area contributed by atoms with Crippen LogP contribution in [0.5, 0.6) is 0 Å². The quantitative estimate of drug-likeness (QED) is 0.0222. The number of rotatable bonds is 70. The van der Waals surface area contributed by atoms with Crippen molar-refractivity contribution in [3.8, 4) is 0 Å². The van der Waals surface area contributed by atoms with Crippen LogP contribution in [0.2, 0.25) is 0 Å². The second kappa shape index (κ2) is 63.1. The molecule has 0 heterocycles. The van der Waals surface area contributed by atoms with E-state index in [9.17, 15) is 43.2 Å². The highest BCUT2D eigenvalue weighted by Crippen LogP contribution is 2.45. The van der Waals surface area contributed by atoms with Crippen LogP contribution in [0.4, 0.5) is 0 Å². The third kappa shape index (κ3) is 63.5. The summed E-state index contributed by atoms with van der Waals surface area (Å²) < 4.78 is 68.3. The van der Waals surface area contributed by atoms with Gasteiger partial charge < -0.3 is 33.8 Å². The van der Waals surface area contributed by atoms with Gasteiger partial charge >= 0.3 is 39.5 Å². The molecule has 0 saturated carbocycles. The van der Waals surface area contributed by atoms with Gasteiger partial charge in [0.2, 0.25) is 0 Å². The highest BCUT2D eigenvalue weighted by Gasteiger charge is 2.30. The third-order valence-corrected chi connectivity index (χ3v) is 18.7. The topological polar surface area (TPSA) is 237 Å². The number of hydrogen-bond acceptors (Lipinski definition) is 15. The van der Waals surface area contributed by atoms with Crippen LogP contribution < -0.4 is 0 Å².